The highest BCUT2D eigenvalue weighted by atomic mass is 19.1. The van der Waals surface area contributed by atoms with Gasteiger partial charge in [-0.3, -0.25) is 0 Å². The maximum atomic E-state index is 14.4. The largest absolute Gasteiger partial charge is 0.496 e. The number of ether oxygens (including phenoxy) is 2. The van der Waals surface area contributed by atoms with E-state index < -0.39 is 11.6 Å². The number of alkyl halides is 1. The van der Waals surface area contributed by atoms with Crippen LogP contribution in [0.5, 0.6) is 11.5 Å². The van der Waals surface area contributed by atoms with Crippen LogP contribution in [0.4, 0.5) is 4.39 Å². The first-order valence-corrected chi connectivity index (χ1v) is 6.43. The van der Waals surface area contributed by atoms with Crippen molar-refractivity contribution >= 4 is 5.97 Å². The second-order valence-corrected chi connectivity index (χ2v) is 5.11. The molecule has 118 valence electrons. The maximum Gasteiger partial charge on any atom is 0.358 e. The molecule has 0 bridgehead atoms. The second-order valence-electron chi connectivity index (χ2n) is 5.11. The van der Waals surface area contributed by atoms with Gasteiger partial charge in [-0.05, 0) is 19.9 Å². The molecule has 0 saturated heterocycles. The zero-order chi connectivity index (χ0) is 16.5. The Bertz CT molecular complexity index is 702. The van der Waals surface area contributed by atoms with E-state index in [4.69, 9.17) is 19.1 Å². The van der Waals surface area contributed by atoms with Crippen molar-refractivity contribution < 1.29 is 28.3 Å². The van der Waals surface area contributed by atoms with Crippen LogP contribution in [-0.4, -0.2) is 30.5 Å². The molecule has 1 heterocycles. The fraction of sp³-hybridized carbons (Fsp3) is 0.333. The molecule has 2 aromatic rings. The van der Waals surface area contributed by atoms with Crippen molar-refractivity contribution in [2.24, 2.45) is 0 Å². The highest BCUT2D eigenvalue weighted by Gasteiger charge is 2.27. The van der Waals surface area contributed by atoms with Crippen molar-refractivity contribution in [2.45, 2.75) is 19.5 Å². The molecular weight excluding hydrogens is 293 g/mol. The quantitative estimate of drug-likeness (QED) is 0.913. The number of nitrogens with zero attached hydrogens (tertiary/aromatic N) is 1. The van der Waals surface area contributed by atoms with Gasteiger partial charge in [0, 0.05) is 17.7 Å². The average molecular weight is 309 g/mol. The van der Waals surface area contributed by atoms with E-state index in [9.17, 15) is 9.18 Å². The molecule has 0 unspecified atom stereocenters. The third-order valence-corrected chi connectivity index (χ3v) is 3.16. The lowest BCUT2D eigenvalue weighted by atomic mass is 9.95. The molecule has 0 amide bonds. The fourth-order valence-corrected chi connectivity index (χ4v) is 2.06. The van der Waals surface area contributed by atoms with Crippen LogP contribution in [0, 0.1) is 0 Å². The van der Waals surface area contributed by atoms with E-state index in [0.29, 0.717) is 22.6 Å². The molecule has 0 aliphatic heterocycles. The van der Waals surface area contributed by atoms with Crippen LogP contribution >= 0.6 is 0 Å². The predicted molar refractivity (Wildman–Crippen MR) is 76.1 cm³/mol. The highest BCUT2D eigenvalue weighted by molar-refractivity contribution is 5.87. The van der Waals surface area contributed by atoms with Gasteiger partial charge in [0.2, 0.25) is 0 Å². The summed E-state index contributed by atoms with van der Waals surface area (Å²) < 4.78 is 29.8. The van der Waals surface area contributed by atoms with E-state index in [1.165, 1.54) is 46.3 Å². The summed E-state index contributed by atoms with van der Waals surface area (Å²) in [4.78, 5) is 10.9. The first-order chi connectivity index (χ1) is 10.3. The minimum Gasteiger partial charge on any atom is -0.496 e. The number of benzene rings is 1. The van der Waals surface area contributed by atoms with Gasteiger partial charge in [0.25, 0.3) is 0 Å². The molecule has 0 atom stereocenters. The van der Waals surface area contributed by atoms with Gasteiger partial charge in [0.1, 0.15) is 17.2 Å². The Morgan fingerprint density at radius 1 is 1.23 bits per heavy atom. The number of carbonyl (C=O) groups is 1. The van der Waals surface area contributed by atoms with Gasteiger partial charge in [0.15, 0.2) is 11.5 Å². The molecule has 22 heavy (non-hydrogen) atoms. The number of rotatable bonds is 5. The van der Waals surface area contributed by atoms with E-state index in [1.54, 1.807) is 0 Å². The number of hydrogen-bond donors (Lipinski definition) is 1. The molecule has 0 aliphatic rings. The second kappa shape index (κ2) is 5.67. The van der Waals surface area contributed by atoms with Crippen LogP contribution in [0.3, 0.4) is 0 Å². The topological polar surface area (TPSA) is 81.8 Å². The van der Waals surface area contributed by atoms with Crippen LogP contribution in [0.1, 0.15) is 29.9 Å². The molecule has 1 aromatic carbocycles. The normalized spacial score (nSPS) is 11.3. The first-order valence-electron chi connectivity index (χ1n) is 6.43. The maximum absolute atomic E-state index is 14.4. The molecule has 0 radical (unpaired) electrons. The molecule has 2 rings (SSSR count). The third kappa shape index (κ3) is 2.88. The number of hydrogen-bond acceptors (Lipinski definition) is 5. The van der Waals surface area contributed by atoms with Gasteiger partial charge in [-0.15, -0.1) is 0 Å². The smallest absolute Gasteiger partial charge is 0.358 e. The Balaban J connectivity index is 2.65. The Morgan fingerprint density at radius 2 is 1.86 bits per heavy atom. The van der Waals surface area contributed by atoms with E-state index in [2.05, 4.69) is 5.16 Å². The number of carboxylic acid groups (broad SMARTS) is 1. The summed E-state index contributed by atoms with van der Waals surface area (Å²) in [5.41, 5.74) is -1.22. The van der Waals surface area contributed by atoms with Gasteiger partial charge < -0.3 is 19.1 Å². The lowest BCUT2D eigenvalue weighted by Gasteiger charge is -2.20. The first kappa shape index (κ1) is 15.8. The lowest BCUT2D eigenvalue weighted by Crippen LogP contribution is -2.11. The van der Waals surface area contributed by atoms with Gasteiger partial charge in [0.05, 0.1) is 19.8 Å². The van der Waals surface area contributed by atoms with Crippen molar-refractivity contribution in [2.75, 3.05) is 14.2 Å². The van der Waals surface area contributed by atoms with Crippen LogP contribution in [0.25, 0.3) is 11.3 Å². The molecule has 6 nitrogen and oxygen atoms in total. The van der Waals surface area contributed by atoms with E-state index in [-0.39, 0.29) is 11.5 Å². The van der Waals surface area contributed by atoms with Gasteiger partial charge in [-0.25, -0.2) is 9.18 Å². The minimum atomic E-state index is -1.66. The minimum absolute atomic E-state index is 0.169. The Labute approximate surface area is 126 Å². The van der Waals surface area contributed by atoms with E-state index in [1.807, 2.05) is 0 Å². The monoisotopic (exact) mass is 309 g/mol. The zero-order valence-electron chi connectivity index (χ0n) is 12.6. The summed E-state index contributed by atoms with van der Waals surface area (Å²) in [6, 6.07) is 4.28. The van der Waals surface area contributed by atoms with Crippen molar-refractivity contribution in [3.8, 4) is 22.8 Å². The number of halogens is 1. The zero-order valence-corrected chi connectivity index (χ0v) is 12.6. The SMILES string of the molecule is COc1cc(OC)c(C(C)(C)F)cc1-c1cc(C(=O)O)no1. The van der Waals surface area contributed by atoms with Crippen LogP contribution in [0.2, 0.25) is 0 Å². The summed E-state index contributed by atoms with van der Waals surface area (Å²) in [7, 11) is 2.87. The van der Waals surface area contributed by atoms with Crippen molar-refractivity contribution in [3.63, 3.8) is 0 Å². The van der Waals surface area contributed by atoms with Crippen LogP contribution in [0.15, 0.2) is 22.7 Å². The van der Waals surface area contributed by atoms with Gasteiger partial charge in [-0.2, -0.15) is 0 Å². The number of aromatic carboxylic acids is 1. The Kier molecular flexibility index (Phi) is 4.07. The van der Waals surface area contributed by atoms with Gasteiger partial charge in [-0.1, -0.05) is 5.16 Å². The fourth-order valence-electron chi connectivity index (χ4n) is 2.06. The molecule has 7 heteroatoms. The lowest BCUT2D eigenvalue weighted by molar-refractivity contribution is 0.0686. The van der Waals surface area contributed by atoms with E-state index >= 15 is 0 Å². The summed E-state index contributed by atoms with van der Waals surface area (Å²) >= 11 is 0. The predicted octanol–water partition coefficient (Wildman–Crippen LogP) is 3.26. The molecule has 1 aromatic heterocycles. The Morgan fingerprint density at radius 3 is 2.32 bits per heavy atom. The van der Waals surface area contributed by atoms with Crippen molar-refractivity contribution in [1.29, 1.82) is 0 Å². The highest BCUT2D eigenvalue weighted by Crippen LogP contribution is 2.41. The van der Waals surface area contributed by atoms with Crippen LogP contribution in [-0.2, 0) is 5.67 Å². The van der Waals surface area contributed by atoms with Crippen molar-refractivity contribution in [3.05, 3.63) is 29.5 Å². The molecular formula is C15H16FNO5. The molecule has 0 aliphatic carbocycles. The summed E-state index contributed by atoms with van der Waals surface area (Å²) in [6.45, 7) is 2.79. The summed E-state index contributed by atoms with van der Waals surface area (Å²) in [5.74, 6) is -0.361. The molecule has 0 fully saturated rings. The Hall–Kier alpha value is -2.57. The standard InChI is InChI=1S/C15H16FNO5/c1-15(2,16)9-5-8(11(20-3)7-13(9)21-4)12-6-10(14(18)19)17-22-12/h5-7H,1-4H3,(H,18,19). The molecule has 0 spiro atoms. The molecule has 1 N–H and O–H groups in total. The summed E-state index contributed by atoms with van der Waals surface area (Å²) in [5, 5.41) is 12.4. The number of methoxy groups -OCH3 is 2. The third-order valence-electron chi connectivity index (χ3n) is 3.16. The van der Waals surface area contributed by atoms with E-state index in [0.717, 1.165) is 0 Å². The molecule has 0 saturated carbocycles. The number of aromatic nitrogens is 1. The number of carboxylic acids is 1. The average Bonchev–Trinajstić information content (AvgIpc) is 2.94. The van der Waals surface area contributed by atoms with Crippen LogP contribution < -0.4 is 9.47 Å². The van der Waals surface area contributed by atoms with Crippen molar-refractivity contribution in [1.82, 2.24) is 5.16 Å². The van der Waals surface area contributed by atoms with Gasteiger partial charge >= 0.3 is 5.97 Å². The summed E-state index contributed by atoms with van der Waals surface area (Å²) in [6.07, 6.45) is 0.